The number of anilines is 4. The zero-order chi connectivity index (χ0) is 29.9. The maximum Gasteiger partial charge on any atom is 0.421 e. The molecule has 41 heavy (non-hydrogen) atoms. The molecule has 0 amide bonds. The van der Waals surface area contributed by atoms with E-state index in [4.69, 9.17) is 4.74 Å². The van der Waals surface area contributed by atoms with Crippen LogP contribution in [0, 0.1) is 6.92 Å². The second-order valence-corrected chi connectivity index (χ2v) is 12.8. The van der Waals surface area contributed by atoms with Crippen molar-refractivity contribution in [3.63, 3.8) is 0 Å². The lowest BCUT2D eigenvalue weighted by atomic mass is 9.95. The fourth-order valence-corrected chi connectivity index (χ4v) is 5.62. The van der Waals surface area contributed by atoms with Crippen molar-refractivity contribution in [2.24, 2.45) is 0 Å². The van der Waals surface area contributed by atoms with E-state index in [0.717, 1.165) is 30.6 Å². The summed E-state index contributed by atoms with van der Waals surface area (Å²) in [7, 11) is -3.80. The second kappa shape index (κ2) is 12.1. The number of rotatable bonds is 9. The van der Waals surface area contributed by atoms with Crippen molar-refractivity contribution in [2.75, 3.05) is 23.7 Å². The van der Waals surface area contributed by atoms with Crippen molar-refractivity contribution in [3.05, 3.63) is 65.4 Å². The Bertz CT molecular complexity index is 1550. The number of sulfone groups is 1. The summed E-state index contributed by atoms with van der Waals surface area (Å²) < 4.78 is 73.8. The molecule has 0 saturated heterocycles. The number of para-hydroxylation sites is 1. The second-order valence-electron chi connectivity index (χ2n) is 10.3. The van der Waals surface area contributed by atoms with E-state index in [1.807, 2.05) is 32.9 Å². The summed E-state index contributed by atoms with van der Waals surface area (Å²) in [4.78, 5) is 7.94. The molecule has 3 aromatic rings. The minimum absolute atomic E-state index is 0.0179. The van der Waals surface area contributed by atoms with Crippen LogP contribution in [0.3, 0.4) is 0 Å². The third-order valence-corrected chi connectivity index (χ3v) is 8.72. The topological polar surface area (TPSA) is 105 Å². The van der Waals surface area contributed by atoms with Crippen molar-refractivity contribution in [3.8, 4) is 5.75 Å². The Kier molecular flexibility index (Phi) is 8.93. The van der Waals surface area contributed by atoms with Crippen LogP contribution in [0.15, 0.2) is 53.6 Å². The first-order chi connectivity index (χ1) is 19.3. The molecule has 220 valence electrons. The van der Waals surface area contributed by atoms with Crippen LogP contribution in [-0.4, -0.2) is 42.8 Å². The number of nitrogens with one attached hydrogen (secondary N) is 3. The van der Waals surface area contributed by atoms with Crippen LogP contribution in [0.25, 0.3) is 5.57 Å². The number of nitrogens with zero attached hydrogens (tertiary/aromatic N) is 2. The Balaban J connectivity index is 1.76. The van der Waals surface area contributed by atoms with E-state index in [1.165, 1.54) is 43.7 Å². The molecule has 0 unspecified atom stereocenters. The van der Waals surface area contributed by atoms with E-state index < -0.39 is 32.6 Å². The predicted molar refractivity (Wildman–Crippen MR) is 155 cm³/mol. The molecule has 4 rings (SSSR count). The summed E-state index contributed by atoms with van der Waals surface area (Å²) in [6, 6.07) is 9.58. The predicted octanol–water partition coefficient (Wildman–Crippen LogP) is 6.64. The van der Waals surface area contributed by atoms with Crippen molar-refractivity contribution in [1.29, 1.82) is 0 Å². The van der Waals surface area contributed by atoms with Gasteiger partial charge in [0.25, 0.3) is 0 Å². The highest BCUT2D eigenvalue weighted by molar-refractivity contribution is 7.92. The van der Waals surface area contributed by atoms with Gasteiger partial charge in [0.2, 0.25) is 5.95 Å². The number of hydrogen-bond donors (Lipinski definition) is 3. The lowest BCUT2D eigenvalue weighted by molar-refractivity contribution is -0.137. The first kappa shape index (κ1) is 30.3. The van der Waals surface area contributed by atoms with Gasteiger partial charge in [-0.3, -0.25) is 0 Å². The quantitative estimate of drug-likeness (QED) is 0.255. The molecular weight excluding hydrogens is 555 g/mol. The average Bonchev–Trinajstić information content (AvgIpc) is 2.90. The zero-order valence-electron chi connectivity index (χ0n) is 23.6. The molecule has 12 heteroatoms. The SMILES string of the molecule is Cc1cc(Nc2ncc(C(F)(F)F)c(Nc3ccccc3S(=O)(=O)C(C)C)n2)c(OC(C)C)cc1C1=CCNCC1. The van der Waals surface area contributed by atoms with Gasteiger partial charge in [0.15, 0.2) is 9.84 Å². The lowest BCUT2D eigenvalue weighted by Gasteiger charge is -2.21. The van der Waals surface area contributed by atoms with E-state index in [9.17, 15) is 21.6 Å². The fourth-order valence-electron chi connectivity index (χ4n) is 4.42. The molecule has 0 atom stereocenters. The smallest absolute Gasteiger partial charge is 0.421 e. The number of benzene rings is 2. The van der Waals surface area contributed by atoms with Gasteiger partial charge in [-0.05, 0) is 88.5 Å². The van der Waals surface area contributed by atoms with Crippen LogP contribution >= 0.6 is 0 Å². The maximum atomic E-state index is 14.0. The van der Waals surface area contributed by atoms with E-state index in [2.05, 4.69) is 32.0 Å². The van der Waals surface area contributed by atoms with Crippen molar-refractivity contribution >= 4 is 38.6 Å². The molecule has 0 bridgehead atoms. The third kappa shape index (κ3) is 6.99. The Morgan fingerprint density at radius 1 is 1.05 bits per heavy atom. The van der Waals surface area contributed by atoms with Gasteiger partial charge in [0, 0.05) is 12.7 Å². The van der Waals surface area contributed by atoms with E-state index in [0.29, 0.717) is 17.6 Å². The van der Waals surface area contributed by atoms with Crippen LogP contribution in [0.5, 0.6) is 5.75 Å². The Morgan fingerprint density at radius 2 is 1.78 bits per heavy atom. The summed E-state index contributed by atoms with van der Waals surface area (Å²) in [6.07, 6.45) is -1.30. The minimum atomic E-state index is -4.79. The number of aryl methyl sites for hydroxylation is 1. The molecule has 3 N–H and O–H groups in total. The summed E-state index contributed by atoms with van der Waals surface area (Å²) in [6.45, 7) is 10.4. The molecule has 1 aromatic heterocycles. The van der Waals surface area contributed by atoms with Gasteiger partial charge in [0.1, 0.15) is 17.1 Å². The number of alkyl halides is 3. The Hall–Kier alpha value is -3.64. The monoisotopic (exact) mass is 589 g/mol. The van der Waals surface area contributed by atoms with Crippen molar-refractivity contribution in [2.45, 2.75) is 63.5 Å². The zero-order valence-corrected chi connectivity index (χ0v) is 24.4. The molecular formula is C29H34F3N5O3S. The summed E-state index contributed by atoms with van der Waals surface area (Å²) in [5.74, 6) is -0.195. The number of aromatic nitrogens is 2. The Morgan fingerprint density at radius 3 is 2.41 bits per heavy atom. The molecule has 1 aliphatic heterocycles. The van der Waals surface area contributed by atoms with Gasteiger partial charge in [0.05, 0.1) is 27.6 Å². The normalized spacial score (nSPS) is 14.2. The van der Waals surface area contributed by atoms with Crippen LogP contribution < -0.4 is 20.7 Å². The third-order valence-electron chi connectivity index (χ3n) is 6.51. The first-order valence-electron chi connectivity index (χ1n) is 13.3. The molecule has 2 heterocycles. The van der Waals surface area contributed by atoms with Gasteiger partial charge in [-0.1, -0.05) is 18.2 Å². The fraction of sp³-hybridized carbons (Fsp3) is 0.379. The first-order valence-corrected chi connectivity index (χ1v) is 14.8. The van der Waals surface area contributed by atoms with Crippen LogP contribution in [0.2, 0.25) is 0 Å². The molecule has 8 nitrogen and oxygen atoms in total. The molecule has 0 radical (unpaired) electrons. The summed E-state index contributed by atoms with van der Waals surface area (Å²) in [5, 5.41) is 8.14. The molecule has 0 saturated carbocycles. The van der Waals surface area contributed by atoms with Crippen LogP contribution in [0.1, 0.15) is 50.8 Å². The highest BCUT2D eigenvalue weighted by atomic mass is 32.2. The molecule has 0 fully saturated rings. The van der Waals surface area contributed by atoms with Gasteiger partial charge >= 0.3 is 6.18 Å². The number of ether oxygens (including phenoxy) is 1. The van der Waals surface area contributed by atoms with Gasteiger partial charge in [-0.2, -0.15) is 18.2 Å². The van der Waals surface area contributed by atoms with E-state index in [-0.39, 0.29) is 22.6 Å². The van der Waals surface area contributed by atoms with Crippen molar-refractivity contribution < 1.29 is 26.3 Å². The highest BCUT2D eigenvalue weighted by Crippen LogP contribution is 2.39. The standard InChI is InChI=1S/C29H34F3N5O3S/c1-17(2)40-25-15-21(20-10-12-33-13-11-20)19(5)14-24(25)36-28-34-16-22(29(30,31)32)27(37-28)35-23-8-6-7-9-26(23)41(38,39)18(3)4/h6-10,14-18,33H,11-13H2,1-5H3,(H2,34,35,36,37). The average molecular weight is 590 g/mol. The summed E-state index contributed by atoms with van der Waals surface area (Å²) in [5.41, 5.74) is 2.51. The van der Waals surface area contributed by atoms with Gasteiger partial charge < -0.3 is 20.7 Å². The largest absolute Gasteiger partial charge is 0.489 e. The molecule has 2 aromatic carbocycles. The number of halogens is 3. The Labute approximate surface area is 238 Å². The van der Waals surface area contributed by atoms with E-state index in [1.54, 1.807) is 0 Å². The van der Waals surface area contributed by atoms with Crippen LogP contribution in [0.4, 0.5) is 36.3 Å². The summed E-state index contributed by atoms with van der Waals surface area (Å²) >= 11 is 0. The molecule has 0 aliphatic carbocycles. The molecule has 1 aliphatic rings. The lowest BCUT2D eigenvalue weighted by Crippen LogP contribution is -2.20. The van der Waals surface area contributed by atoms with Gasteiger partial charge in [-0.15, -0.1) is 0 Å². The van der Waals surface area contributed by atoms with Crippen LogP contribution in [-0.2, 0) is 16.0 Å². The minimum Gasteiger partial charge on any atom is -0.489 e. The van der Waals surface area contributed by atoms with Gasteiger partial charge in [-0.25, -0.2) is 13.4 Å². The van der Waals surface area contributed by atoms with E-state index >= 15 is 0 Å². The molecule has 0 spiro atoms. The number of hydrogen-bond acceptors (Lipinski definition) is 8. The highest BCUT2D eigenvalue weighted by Gasteiger charge is 2.36. The van der Waals surface area contributed by atoms with Crippen molar-refractivity contribution in [1.82, 2.24) is 15.3 Å². The maximum absolute atomic E-state index is 14.0.